The molecule has 206 valence electrons. The Balaban J connectivity index is 0.000000163. The molecule has 0 radical (unpaired) electrons. The number of carboxylic acid groups (broad SMARTS) is 1. The van der Waals surface area contributed by atoms with Crippen LogP contribution in [0.15, 0.2) is 12.7 Å². The quantitative estimate of drug-likeness (QED) is 0.268. The molecular formula is C27H29Cl2N5O3S2. The van der Waals surface area contributed by atoms with Crippen LogP contribution in [-0.4, -0.2) is 55.4 Å². The molecule has 2 atom stereocenters. The van der Waals surface area contributed by atoms with Gasteiger partial charge in [-0.05, 0) is 56.1 Å². The van der Waals surface area contributed by atoms with E-state index in [0.717, 1.165) is 75.9 Å². The highest BCUT2D eigenvalue weighted by molar-refractivity contribution is 7.19. The number of hydrogen-bond donors (Lipinski definition) is 1. The largest absolute Gasteiger partial charge is 0.481 e. The number of amides is 1. The summed E-state index contributed by atoms with van der Waals surface area (Å²) in [6.07, 6.45) is 9.71. The Morgan fingerprint density at radius 2 is 1.44 bits per heavy atom. The molecule has 12 heteroatoms. The van der Waals surface area contributed by atoms with Gasteiger partial charge in [0, 0.05) is 29.3 Å². The second-order valence-electron chi connectivity index (χ2n) is 10.0. The molecule has 0 aliphatic heterocycles. The predicted molar refractivity (Wildman–Crippen MR) is 156 cm³/mol. The Hall–Kier alpha value is -2.40. The molecule has 0 spiro atoms. The molecule has 0 bridgehead atoms. The standard InChI is InChI=1S/C16H20ClN3OS.C11H9ClN2O2S/c1-3-4-7-20(2)16(21)10-5-6-11-12(8-10)22-15-13(11)14(17)18-9-19-15;12-9-8-6-2-1-5(11(15)16)3-7(6)17-10(8)14-4-13-9/h9-10H,3-8H2,1-2H3;4-5H,1-3H2,(H,15,16)/t10-;5-/m00/s1. The van der Waals surface area contributed by atoms with Crippen LogP contribution in [-0.2, 0) is 35.3 Å². The predicted octanol–water partition coefficient (Wildman–Crippen LogP) is 6.24. The number of fused-ring (bicyclic) bond motifs is 6. The minimum atomic E-state index is -0.717. The second kappa shape index (κ2) is 12.0. The highest BCUT2D eigenvalue weighted by Crippen LogP contribution is 2.41. The number of nitrogens with zero attached hydrogens (tertiary/aromatic N) is 5. The van der Waals surface area contributed by atoms with Crippen molar-refractivity contribution in [3.63, 3.8) is 0 Å². The first-order valence-electron chi connectivity index (χ1n) is 13.1. The van der Waals surface area contributed by atoms with Crippen molar-refractivity contribution < 1.29 is 14.7 Å². The summed E-state index contributed by atoms with van der Waals surface area (Å²) >= 11 is 15.5. The maximum Gasteiger partial charge on any atom is 0.306 e. The zero-order valence-electron chi connectivity index (χ0n) is 21.7. The number of rotatable bonds is 5. The molecule has 1 amide bonds. The van der Waals surface area contributed by atoms with Crippen molar-refractivity contribution in [3.05, 3.63) is 43.8 Å². The van der Waals surface area contributed by atoms with Crippen LogP contribution in [0.25, 0.3) is 20.4 Å². The van der Waals surface area contributed by atoms with Gasteiger partial charge < -0.3 is 10.0 Å². The first-order valence-corrected chi connectivity index (χ1v) is 15.5. The zero-order valence-corrected chi connectivity index (χ0v) is 24.9. The molecule has 2 aliphatic rings. The molecule has 0 saturated carbocycles. The van der Waals surface area contributed by atoms with Crippen molar-refractivity contribution in [2.75, 3.05) is 13.6 Å². The fourth-order valence-electron chi connectivity index (χ4n) is 5.38. The van der Waals surface area contributed by atoms with Crippen molar-refractivity contribution in [1.82, 2.24) is 24.8 Å². The second-order valence-corrected chi connectivity index (χ2v) is 12.9. The molecule has 0 saturated heterocycles. The van der Waals surface area contributed by atoms with Crippen LogP contribution in [0, 0.1) is 11.8 Å². The lowest BCUT2D eigenvalue weighted by Gasteiger charge is -2.26. The smallest absolute Gasteiger partial charge is 0.306 e. The fraction of sp³-hybridized carbons (Fsp3) is 0.481. The van der Waals surface area contributed by atoms with Crippen molar-refractivity contribution >= 4 is 78.2 Å². The minimum Gasteiger partial charge on any atom is -0.481 e. The molecule has 6 rings (SSSR count). The number of halogens is 2. The minimum absolute atomic E-state index is 0.0918. The van der Waals surface area contributed by atoms with E-state index in [1.54, 1.807) is 11.3 Å². The lowest BCUT2D eigenvalue weighted by atomic mass is 9.87. The first kappa shape index (κ1) is 28.1. The van der Waals surface area contributed by atoms with E-state index >= 15 is 0 Å². The number of hydrogen-bond acceptors (Lipinski definition) is 8. The van der Waals surface area contributed by atoms with Gasteiger partial charge in [-0.3, -0.25) is 9.59 Å². The highest BCUT2D eigenvalue weighted by atomic mass is 35.5. The summed E-state index contributed by atoms with van der Waals surface area (Å²) in [5.41, 5.74) is 2.40. The molecule has 4 aromatic heterocycles. The number of unbranched alkanes of at least 4 members (excludes halogenated alkanes) is 1. The van der Waals surface area contributed by atoms with Crippen LogP contribution in [0.5, 0.6) is 0 Å². The lowest BCUT2D eigenvalue weighted by molar-refractivity contribution is -0.142. The molecule has 0 aromatic carbocycles. The summed E-state index contributed by atoms with van der Waals surface area (Å²) in [6, 6.07) is 0. The Kier molecular flexibility index (Phi) is 8.66. The van der Waals surface area contributed by atoms with Gasteiger partial charge in [-0.15, -0.1) is 22.7 Å². The normalized spacial score (nSPS) is 18.3. The molecule has 0 unspecified atom stereocenters. The van der Waals surface area contributed by atoms with Crippen LogP contribution >= 0.6 is 45.9 Å². The van der Waals surface area contributed by atoms with Gasteiger partial charge in [0.15, 0.2) is 0 Å². The first-order chi connectivity index (χ1) is 18.8. The number of aliphatic carboxylic acids is 1. The highest BCUT2D eigenvalue weighted by Gasteiger charge is 2.30. The van der Waals surface area contributed by atoms with Gasteiger partial charge in [0.1, 0.15) is 32.6 Å². The van der Waals surface area contributed by atoms with Gasteiger partial charge in [-0.2, -0.15) is 0 Å². The van der Waals surface area contributed by atoms with E-state index in [1.165, 1.54) is 34.4 Å². The summed E-state index contributed by atoms with van der Waals surface area (Å²) < 4.78 is 0. The molecule has 39 heavy (non-hydrogen) atoms. The maximum absolute atomic E-state index is 12.6. The summed E-state index contributed by atoms with van der Waals surface area (Å²) in [5, 5.41) is 12.0. The third kappa shape index (κ3) is 5.75. The van der Waals surface area contributed by atoms with Crippen molar-refractivity contribution in [3.8, 4) is 0 Å². The average molecular weight is 607 g/mol. The van der Waals surface area contributed by atoms with Gasteiger partial charge in [0.2, 0.25) is 5.91 Å². The van der Waals surface area contributed by atoms with Gasteiger partial charge in [0.05, 0.1) is 16.7 Å². The monoisotopic (exact) mass is 605 g/mol. The Morgan fingerprint density at radius 1 is 0.923 bits per heavy atom. The lowest BCUT2D eigenvalue weighted by Crippen LogP contribution is -2.36. The molecule has 2 aliphatic carbocycles. The number of aryl methyl sites for hydroxylation is 2. The Bertz CT molecular complexity index is 1540. The molecular weight excluding hydrogens is 577 g/mol. The third-order valence-corrected chi connectivity index (χ3v) is 10.4. The van der Waals surface area contributed by atoms with E-state index in [4.69, 9.17) is 28.3 Å². The molecule has 0 fully saturated rings. The van der Waals surface area contributed by atoms with E-state index in [2.05, 4.69) is 26.9 Å². The van der Waals surface area contributed by atoms with E-state index in [1.807, 2.05) is 11.9 Å². The van der Waals surface area contributed by atoms with E-state index < -0.39 is 5.97 Å². The maximum atomic E-state index is 12.6. The van der Waals surface area contributed by atoms with Crippen LogP contribution in [0.4, 0.5) is 0 Å². The van der Waals surface area contributed by atoms with E-state index in [9.17, 15) is 9.59 Å². The zero-order chi connectivity index (χ0) is 27.7. The summed E-state index contributed by atoms with van der Waals surface area (Å²) in [6.45, 7) is 3.00. The number of carbonyl (C=O) groups is 2. The van der Waals surface area contributed by atoms with Gasteiger partial charge in [-0.1, -0.05) is 36.5 Å². The van der Waals surface area contributed by atoms with E-state index in [0.29, 0.717) is 23.1 Å². The summed E-state index contributed by atoms with van der Waals surface area (Å²) in [5.74, 6) is -0.629. The van der Waals surface area contributed by atoms with Crippen molar-refractivity contribution in [2.24, 2.45) is 11.8 Å². The van der Waals surface area contributed by atoms with Gasteiger partial charge >= 0.3 is 5.97 Å². The number of thiophene rings is 2. The fourth-order valence-corrected chi connectivity index (χ4v) is 8.52. The van der Waals surface area contributed by atoms with Crippen LogP contribution < -0.4 is 0 Å². The van der Waals surface area contributed by atoms with Gasteiger partial charge in [-0.25, -0.2) is 19.9 Å². The molecule has 1 N–H and O–H groups in total. The SMILES string of the molecule is CCCCN(C)C(=O)[C@H]1CCc2c(sc3ncnc(Cl)c23)C1.O=C(O)[C@H]1CCc2c(sc3ncnc(Cl)c23)C1. The Morgan fingerprint density at radius 3 is 1.95 bits per heavy atom. The number of carboxylic acids is 1. The summed E-state index contributed by atoms with van der Waals surface area (Å²) in [7, 11) is 1.92. The molecule has 4 aromatic rings. The third-order valence-electron chi connectivity index (χ3n) is 7.52. The van der Waals surface area contributed by atoms with Crippen molar-refractivity contribution in [1.29, 1.82) is 0 Å². The number of aromatic nitrogens is 4. The average Bonchev–Trinajstić information content (AvgIpc) is 3.50. The Labute approximate surface area is 244 Å². The topological polar surface area (TPSA) is 109 Å². The number of carbonyl (C=O) groups excluding carboxylic acids is 1. The van der Waals surface area contributed by atoms with E-state index in [-0.39, 0.29) is 17.7 Å². The molecule has 4 heterocycles. The van der Waals surface area contributed by atoms with Crippen molar-refractivity contribution in [2.45, 2.75) is 58.3 Å². The van der Waals surface area contributed by atoms with Crippen LogP contribution in [0.1, 0.15) is 53.5 Å². The van der Waals surface area contributed by atoms with Crippen LogP contribution in [0.2, 0.25) is 10.3 Å². The summed E-state index contributed by atoms with van der Waals surface area (Å²) in [4.78, 5) is 46.2. The molecule has 8 nitrogen and oxygen atoms in total. The van der Waals surface area contributed by atoms with Crippen LogP contribution in [0.3, 0.4) is 0 Å². The van der Waals surface area contributed by atoms with Gasteiger partial charge in [0.25, 0.3) is 0 Å².